The Bertz CT molecular complexity index is 602. The standard InChI is InChI=1S/C12H14N2.C5H9NO.2ClH/c13-8-9-14-12-7-3-5-10-4-1-2-6-11(10)12;1-6-4-2-3-5(6)7;;/h1-7,14H,8-9,13H2;2-4H2,1H3;2*1H. The van der Waals surface area contributed by atoms with Crippen LogP contribution in [0.3, 0.4) is 0 Å². The molecule has 0 aliphatic carbocycles. The summed E-state index contributed by atoms with van der Waals surface area (Å²) in [7, 11) is 1.84. The lowest BCUT2D eigenvalue weighted by Gasteiger charge is -2.08. The number of anilines is 1. The van der Waals surface area contributed by atoms with Gasteiger partial charge in [-0.1, -0.05) is 36.4 Å². The number of carbonyl (C=O) groups excluding carboxylic acids is 1. The minimum absolute atomic E-state index is 0. The van der Waals surface area contributed by atoms with E-state index in [0.29, 0.717) is 12.5 Å². The molecular weight excluding hydrogens is 333 g/mol. The second kappa shape index (κ2) is 11.1. The van der Waals surface area contributed by atoms with Gasteiger partial charge in [-0.25, -0.2) is 0 Å². The SMILES string of the molecule is CN1CCCC1=O.Cl.Cl.NCCNc1cccc2ccccc12. The van der Waals surface area contributed by atoms with Crippen molar-refractivity contribution >= 4 is 47.2 Å². The Balaban J connectivity index is 0.000000463. The monoisotopic (exact) mass is 357 g/mol. The van der Waals surface area contributed by atoms with Crippen LogP contribution in [0, 0.1) is 0 Å². The van der Waals surface area contributed by atoms with Gasteiger partial charge in [-0.05, 0) is 17.9 Å². The quantitative estimate of drug-likeness (QED) is 0.885. The topological polar surface area (TPSA) is 58.4 Å². The van der Waals surface area contributed by atoms with Crippen molar-refractivity contribution in [2.45, 2.75) is 12.8 Å². The average molecular weight is 358 g/mol. The average Bonchev–Trinajstić information content (AvgIpc) is 2.89. The van der Waals surface area contributed by atoms with Gasteiger partial charge in [0.2, 0.25) is 5.91 Å². The first-order valence-electron chi connectivity index (χ1n) is 7.38. The minimum Gasteiger partial charge on any atom is -0.383 e. The molecule has 0 unspecified atom stereocenters. The molecule has 1 aliphatic rings. The number of benzene rings is 2. The lowest BCUT2D eigenvalue weighted by molar-refractivity contribution is -0.126. The molecule has 1 amide bonds. The van der Waals surface area contributed by atoms with Crippen LogP contribution in [0.4, 0.5) is 5.69 Å². The van der Waals surface area contributed by atoms with Crippen LogP contribution in [0.1, 0.15) is 12.8 Å². The number of hydrogen-bond acceptors (Lipinski definition) is 3. The molecule has 1 aliphatic heterocycles. The second-order valence-corrected chi connectivity index (χ2v) is 5.16. The van der Waals surface area contributed by atoms with Crippen LogP contribution >= 0.6 is 24.8 Å². The molecule has 0 aromatic heterocycles. The number of carbonyl (C=O) groups is 1. The zero-order valence-electron chi connectivity index (χ0n) is 13.3. The molecule has 6 heteroatoms. The number of rotatable bonds is 3. The number of halogens is 2. The highest BCUT2D eigenvalue weighted by atomic mass is 35.5. The van der Waals surface area contributed by atoms with Crippen molar-refractivity contribution in [2.24, 2.45) is 5.73 Å². The maximum Gasteiger partial charge on any atom is 0.222 e. The summed E-state index contributed by atoms with van der Waals surface area (Å²) in [5.74, 6) is 0.292. The summed E-state index contributed by atoms with van der Waals surface area (Å²) >= 11 is 0. The molecule has 4 nitrogen and oxygen atoms in total. The number of amides is 1. The van der Waals surface area contributed by atoms with Gasteiger partial charge in [0.25, 0.3) is 0 Å². The summed E-state index contributed by atoms with van der Waals surface area (Å²) in [6.07, 6.45) is 1.81. The predicted molar refractivity (Wildman–Crippen MR) is 103 cm³/mol. The summed E-state index contributed by atoms with van der Waals surface area (Å²) in [6.45, 7) is 2.43. The van der Waals surface area contributed by atoms with Crippen molar-refractivity contribution in [3.8, 4) is 0 Å². The molecule has 3 rings (SSSR count). The summed E-state index contributed by atoms with van der Waals surface area (Å²) in [5, 5.41) is 5.82. The number of hydrogen-bond donors (Lipinski definition) is 2. The lowest BCUT2D eigenvalue weighted by Crippen LogP contribution is -2.17. The van der Waals surface area contributed by atoms with Crippen molar-refractivity contribution in [3.05, 3.63) is 42.5 Å². The van der Waals surface area contributed by atoms with E-state index in [2.05, 4.69) is 47.8 Å². The van der Waals surface area contributed by atoms with Gasteiger partial charge in [-0.3, -0.25) is 4.79 Å². The van der Waals surface area contributed by atoms with E-state index in [4.69, 9.17) is 5.73 Å². The fraction of sp³-hybridized carbons (Fsp3) is 0.353. The molecule has 1 fully saturated rings. The van der Waals surface area contributed by atoms with Gasteiger partial charge in [0, 0.05) is 44.2 Å². The smallest absolute Gasteiger partial charge is 0.222 e. The maximum atomic E-state index is 10.5. The molecule has 2 aromatic carbocycles. The van der Waals surface area contributed by atoms with E-state index in [1.807, 2.05) is 7.05 Å². The van der Waals surface area contributed by atoms with Crippen molar-refractivity contribution in [1.82, 2.24) is 4.90 Å². The Morgan fingerprint density at radius 2 is 1.83 bits per heavy atom. The van der Waals surface area contributed by atoms with E-state index in [9.17, 15) is 4.79 Å². The highest BCUT2D eigenvalue weighted by molar-refractivity contribution is 5.93. The van der Waals surface area contributed by atoms with Crippen molar-refractivity contribution < 1.29 is 4.79 Å². The van der Waals surface area contributed by atoms with Crippen molar-refractivity contribution in [2.75, 3.05) is 32.0 Å². The maximum absolute atomic E-state index is 10.5. The first kappa shape index (κ1) is 21.5. The molecule has 128 valence electrons. The van der Waals surface area contributed by atoms with Gasteiger partial charge < -0.3 is 16.0 Å². The fourth-order valence-electron chi connectivity index (χ4n) is 2.37. The molecule has 0 spiro atoms. The Hall–Kier alpha value is -1.49. The van der Waals surface area contributed by atoms with E-state index in [1.54, 1.807) is 4.90 Å². The molecule has 3 N–H and O–H groups in total. The molecule has 0 bridgehead atoms. The van der Waals surface area contributed by atoms with Gasteiger partial charge in [-0.15, -0.1) is 24.8 Å². The van der Waals surface area contributed by atoms with Gasteiger partial charge in [0.15, 0.2) is 0 Å². The Kier molecular flexibility index (Phi) is 10.4. The first-order chi connectivity index (χ1) is 10.2. The van der Waals surface area contributed by atoms with Crippen LogP contribution < -0.4 is 11.1 Å². The second-order valence-electron chi connectivity index (χ2n) is 5.16. The fourth-order valence-corrected chi connectivity index (χ4v) is 2.37. The summed E-state index contributed by atoms with van der Waals surface area (Å²) in [4.78, 5) is 12.3. The number of fused-ring (bicyclic) bond motifs is 1. The zero-order valence-corrected chi connectivity index (χ0v) is 15.0. The van der Waals surface area contributed by atoms with Crippen LogP contribution in [0.15, 0.2) is 42.5 Å². The van der Waals surface area contributed by atoms with E-state index >= 15 is 0 Å². The highest BCUT2D eigenvalue weighted by Gasteiger charge is 2.14. The van der Waals surface area contributed by atoms with Crippen molar-refractivity contribution in [3.63, 3.8) is 0 Å². The number of likely N-dealkylation sites (tertiary alicyclic amines) is 1. The molecule has 1 heterocycles. The van der Waals surface area contributed by atoms with Gasteiger partial charge in [0.05, 0.1) is 0 Å². The Morgan fingerprint density at radius 3 is 2.39 bits per heavy atom. The van der Waals surface area contributed by atoms with Crippen molar-refractivity contribution in [1.29, 1.82) is 0 Å². The van der Waals surface area contributed by atoms with Gasteiger partial charge >= 0.3 is 0 Å². The Morgan fingerprint density at radius 1 is 1.13 bits per heavy atom. The predicted octanol–water partition coefficient (Wildman–Crippen LogP) is 3.29. The summed E-state index contributed by atoms with van der Waals surface area (Å²) < 4.78 is 0. The molecular formula is C17H25Cl2N3O. The van der Waals surface area contributed by atoms with E-state index in [1.165, 1.54) is 10.8 Å². The number of nitrogens with two attached hydrogens (primary N) is 1. The molecule has 0 atom stereocenters. The molecule has 0 saturated carbocycles. The van der Waals surface area contributed by atoms with Crippen LogP contribution in [0.2, 0.25) is 0 Å². The molecule has 1 saturated heterocycles. The van der Waals surface area contributed by atoms with Crippen LogP contribution in [-0.4, -0.2) is 37.5 Å². The third-order valence-electron chi connectivity index (χ3n) is 3.56. The third kappa shape index (κ3) is 6.26. The minimum atomic E-state index is 0. The van der Waals surface area contributed by atoms with E-state index < -0.39 is 0 Å². The lowest BCUT2D eigenvalue weighted by atomic mass is 10.1. The van der Waals surface area contributed by atoms with E-state index in [0.717, 1.165) is 31.6 Å². The molecule has 2 aromatic rings. The summed E-state index contributed by atoms with van der Waals surface area (Å²) in [6, 6.07) is 14.6. The largest absolute Gasteiger partial charge is 0.383 e. The van der Waals surface area contributed by atoms with E-state index in [-0.39, 0.29) is 24.8 Å². The van der Waals surface area contributed by atoms with Gasteiger partial charge in [-0.2, -0.15) is 0 Å². The zero-order chi connectivity index (χ0) is 15.1. The third-order valence-corrected chi connectivity index (χ3v) is 3.56. The Labute approximate surface area is 150 Å². The van der Waals surface area contributed by atoms with Crippen LogP contribution in [0.25, 0.3) is 10.8 Å². The number of nitrogens with zero attached hydrogens (tertiary/aromatic N) is 1. The van der Waals surface area contributed by atoms with Crippen LogP contribution in [-0.2, 0) is 4.79 Å². The first-order valence-corrected chi connectivity index (χ1v) is 7.38. The molecule has 0 radical (unpaired) electrons. The normalized spacial score (nSPS) is 12.8. The summed E-state index contributed by atoms with van der Waals surface area (Å²) in [5.41, 5.74) is 6.62. The van der Waals surface area contributed by atoms with Crippen LogP contribution in [0.5, 0.6) is 0 Å². The van der Waals surface area contributed by atoms with Gasteiger partial charge in [0.1, 0.15) is 0 Å². The highest BCUT2D eigenvalue weighted by Crippen LogP contribution is 2.22. The molecule has 23 heavy (non-hydrogen) atoms. The number of nitrogens with one attached hydrogen (secondary N) is 1.